The van der Waals surface area contributed by atoms with Gasteiger partial charge in [-0.1, -0.05) is 48.5 Å². The average molecular weight is 502 g/mol. The molecule has 8 nitrogen and oxygen atoms in total. The normalized spacial score (nSPS) is 15.8. The van der Waals surface area contributed by atoms with Gasteiger partial charge in [-0.05, 0) is 36.6 Å². The number of para-hydroxylation sites is 1. The summed E-state index contributed by atoms with van der Waals surface area (Å²) < 4.78 is 5.44. The van der Waals surface area contributed by atoms with Gasteiger partial charge in [0.05, 0.1) is 12.8 Å². The molecule has 0 aliphatic carbocycles. The lowest BCUT2D eigenvalue weighted by atomic mass is 9.99. The zero-order valence-electron chi connectivity index (χ0n) is 21.3. The number of piperidine rings is 1. The summed E-state index contributed by atoms with van der Waals surface area (Å²) in [4.78, 5) is 37.0. The third kappa shape index (κ3) is 5.30. The predicted octanol–water partition coefficient (Wildman–Crippen LogP) is 3.84. The number of hydrogen-bond donors (Lipinski definition) is 1. The van der Waals surface area contributed by atoms with Gasteiger partial charge in [-0.2, -0.15) is 5.48 Å². The van der Waals surface area contributed by atoms with E-state index in [1.807, 2.05) is 84.7 Å². The van der Waals surface area contributed by atoms with E-state index in [4.69, 9.17) is 9.57 Å². The number of carbonyl (C=O) groups excluding carboxylic acids is 2. The molecule has 8 heteroatoms. The number of amides is 2. The number of nitrogens with two attached hydrogens (primary N) is 1. The van der Waals surface area contributed by atoms with E-state index >= 15 is 0 Å². The lowest BCUT2D eigenvalue weighted by Gasteiger charge is -2.40. The largest absolute Gasteiger partial charge is 0.444 e. The van der Waals surface area contributed by atoms with Crippen LogP contribution >= 0.6 is 0 Å². The first-order valence-electron chi connectivity index (χ1n) is 12.6. The maximum Gasteiger partial charge on any atom is 0.414 e. The molecular weight excluding hydrogens is 468 g/mol. The third-order valence-corrected chi connectivity index (χ3v) is 7.10. The smallest absolute Gasteiger partial charge is 0.414 e. The van der Waals surface area contributed by atoms with Gasteiger partial charge in [0.25, 0.3) is 5.91 Å². The Labute approximate surface area is 217 Å². The van der Waals surface area contributed by atoms with Crippen molar-refractivity contribution in [2.24, 2.45) is 0 Å². The van der Waals surface area contributed by atoms with Crippen molar-refractivity contribution in [1.29, 1.82) is 0 Å². The Morgan fingerprint density at radius 1 is 1.03 bits per heavy atom. The maximum absolute atomic E-state index is 13.2. The zero-order chi connectivity index (χ0) is 25.8. The van der Waals surface area contributed by atoms with E-state index < -0.39 is 0 Å². The summed E-state index contributed by atoms with van der Waals surface area (Å²) in [5.41, 5.74) is 7.27. The molecule has 2 aliphatic rings. The lowest BCUT2D eigenvalue weighted by Crippen LogP contribution is -2.76. The molecule has 0 spiro atoms. The highest BCUT2D eigenvalue weighted by molar-refractivity contribution is 5.95. The quantitative estimate of drug-likeness (QED) is 0.393. The van der Waals surface area contributed by atoms with Gasteiger partial charge in [-0.3, -0.25) is 9.69 Å². The number of benzene rings is 3. The summed E-state index contributed by atoms with van der Waals surface area (Å²) in [5, 5.41) is 0. The highest BCUT2D eigenvalue weighted by Crippen LogP contribution is 2.34. The van der Waals surface area contributed by atoms with E-state index in [2.05, 4.69) is 4.90 Å². The van der Waals surface area contributed by atoms with Crippen LogP contribution in [0.5, 0.6) is 0 Å². The molecule has 2 amide bonds. The maximum atomic E-state index is 13.2. The lowest BCUT2D eigenvalue weighted by molar-refractivity contribution is -0.829. The number of hydrogen-bond acceptors (Lipinski definition) is 5. The molecule has 0 unspecified atom stereocenters. The Balaban J connectivity index is 1.29. The van der Waals surface area contributed by atoms with Crippen LogP contribution in [-0.2, 0) is 22.7 Å². The predicted molar refractivity (Wildman–Crippen MR) is 142 cm³/mol. The van der Waals surface area contributed by atoms with Crippen molar-refractivity contribution in [2.75, 3.05) is 37.0 Å². The monoisotopic (exact) mass is 501 g/mol. The number of rotatable bonds is 7. The number of carbonyl (C=O) groups is 2. The fourth-order valence-electron chi connectivity index (χ4n) is 5.23. The van der Waals surface area contributed by atoms with Crippen LogP contribution in [-0.4, -0.2) is 50.2 Å². The summed E-state index contributed by atoms with van der Waals surface area (Å²) >= 11 is 0. The Hall–Kier alpha value is -3.88. The van der Waals surface area contributed by atoms with Crippen molar-refractivity contribution >= 4 is 29.1 Å². The molecule has 1 saturated heterocycles. The molecule has 1 fully saturated rings. The van der Waals surface area contributed by atoms with E-state index in [0.717, 1.165) is 54.1 Å². The summed E-state index contributed by atoms with van der Waals surface area (Å²) in [5.74, 6) is -0.0397. The molecule has 3 aromatic carbocycles. The van der Waals surface area contributed by atoms with E-state index in [-0.39, 0.29) is 18.0 Å². The second-order valence-electron chi connectivity index (χ2n) is 9.55. The minimum Gasteiger partial charge on any atom is -0.444 e. The van der Waals surface area contributed by atoms with Crippen molar-refractivity contribution in [3.63, 3.8) is 0 Å². The summed E-state index contributed by atoms with van der Waals surface area (Å²) in [6.45, 7) is 2.43. The summed E-state index contributed by atoms with van der Waals surface area (Å²) in [6, 6.07) is 23.8. The van der Waals surface area contributed by atoms with Gasteiger partial charge in [-0.25, -0.2) is 9.63 Å². The molecule has 2 heterocycles. The number of nitrogens with zero attached hydrogens (tertiary/aromatic N) is 3. The van der Waals surface area contributed by atoms with Gasteiger partial charge in [0.1, 0.15) is 12.3 Å². The molecule has 37 heavy (non-hydrogen) atoms. The Kier molecular flexibility index (Phi) is 7.39. The number of quaternary nitrogens is 1. The summed E-state index contributed by atoms with van der Waals surface area (Å²) in [7, 11) is 3.43. The molecule has 0 bridgehead atoms. The van der Waals surface area contributed by atoms with Crippen LogP contribution in [0, 0.1) is 0 Å². The van der Waals surface area contributed by atoms with Gasteiger partial charge >= 0.3 is 6.09 Å². The fourth-order valence-corrected chi connectivity index (χ4v) is 5.23. The first-order valence-corrected chi connectivity index (χ1v) is 12.6. The standard InChI is InChI=1S/C29H32N4O4/c1-31(19-21-8-4-3-5-9-21)28(34)22-12-13-27(25(18-22)30-36-2)32-16-14-24(15-17-32)33-26-11-7-6-10-23(26)20-37-29(33)35/h3-13,18,24,30H,14-17,19-20H2,1-2H3/p+1. The molecule has 2 N–H and O–H groups in total. The SMILES string of the molecule is CO[NH2+]c1cc(C(=O)N(C)Cc2ccccc2)ccc1N1CCC(N2C(=O)OCc3ccccc32)CC1. The average Bonchev–Trinajstić information content (AvgIpc) is 2.93. The second kappa shape index (κ2) is 11.0. The van der Waals surface area contributed by atoms with Crippen molar-refractivity contribution in [1.82, 2.24) is 4.90 Å². The molecule has 0 radical (unpaired) electrons. The van der Waals surface area contributed by atoms with Crippen LogP contribution in [0.3, 0.4) is 0 Å². The highest BCUT2D eigenvalue weighted by atomic mass is 16.6. The molecule has 2 aliphatic heterocycles. The number of fused-ring (bicyclic) bond motifs is 1. The second-order valence-corrected chi connectivity index (χ2v) is 9.55. The topological polar surface area (TPSA) is 78.9 Å². The van der Waals surface area contributed by atoms with Crippen LogP contribution in [0.25, 0.3) is 0 Å². The number of anilines is 2. The van der Waals surface area contributed by atoms with Crippen LogP contribution in [0.15, 0.2) is 72.8 Å². The van der Waals surface area contributed by atoms with E-state index in [1.54, 1.807) is 17.5 Å². The zero-order valence-corrected chi connectivity index (χ0v) is 21.3. The number of cyclic esters (lactones) is 1. The fraction of sp³-hybridized carbons (Fsp3) is 0.310. The molecule has 0 aromatic heterocycles. The molecule has 3 aromatic rings. The van der Waals surface area contributed by atoms with Crippen LogP contribution < -0.4 is 15.3 Å². The summed E-state index contributed by atoms with van der Waals surface area (Å²) in [6.07, 6.45) is 1.36. The molecule has 0 atom stereocenters. The first-order chi connectivity index (χ1) is 18.0. The van der Waals surface area contributed by atoms with Crippen molar-refractivity contribution in [2.45, 2.75) is 32.0 Å². The Morgan fingerprint density at radius 3 is 2.51 bits per heavy atom. The van der Waals surface area contributed by atoms with E-state index in [1.165, 1.54) is 0 Å². The van der Waals surface area contributed by atoms with Gasteiger partial charge in [0.15, 0.2) is 5.69 Å². The van der Waals surface area contributed by atoms with Gasteiger partial charge in [-0.15, -0.1) is 0 Å². The Bertz CT molecular complexity index is 1260. The molecule has 192 valence electrons. The van der Waals surface area contributed by atoms with Gasteiger partial charge in [0, 0.05) is 49.9 Å². The van der Waals surface area contributed by atoms with E-state index in [9.17, 15) is 9.59 Å². The highest BCUT2D eigenvalue weighted by Gasteiger charge is 2.34. The Morgan fingerprint density at radius 2 is 1.76 bits per heavy atom. The molecular formula is C29H33N4O4+. The molecule has 5 rings (SSSR count). The van der Waals surface area contributed by atoms with E-state index in [0.29, 0.717) is 18.7 Å². The van der Waals surface area contributed by atoms with Crippen molar-refractivity contribution < 1.29 is 24.6 Å². The molecule has 0 saturated carbocycles. The van der Waals surface area contributed by atoms with Crippen LogP contribution in [0.2, 0.25) is 0 Å². The minimum absolute atomic E-state index is 0.0397. The van der Waals surface area contributed by atoms with Crippen molar-refractivity contribution in [3.8, 4) is 0 Å². The van der Waals surface area contributed by atoms with Crippen LogP contribution in [0.1, 0.15) is 34.3 Å². The van der Waals surface area contributed by atoms with Gasteiger partial charge < -0.3 is 14.5 Å². The van der Waals surface area contributed by atoms with Gasteiger partial charge in [0.2, 0.25) is 0 Å². The minimum atomic E-state index is -0.270. The van der Waals surface area contributed by atoms with Crippen molar-refractivity contribution in [3.05, 3.63) is 89.5 Å². The van der Waals surface area contributed by atoms with Crippen LogP contribution in [0.4, 0.5) is 21.9 Å². The third-order valence-electron chi connectivity index (χ3n) is 7.10. The number of ether oxygens (including phenoxy) is 1. The first kappa shape index (κ1) is 24.8.